The van der Waals surface area contributed by atoms with Crippen LogP contribution in [0.1, 0.15) is 51.2 Å². The number of benzene rings is 1. The molecule has 70 heavy (non-hydrogen) atoms. The van der Waals surface area contributed by atoms with E-state index < -0.39 is 176 Å². The van der Waals surface area contributed by atoms with E-state index in [0.29, 0.717) is 46.7 Å². The lowest BCUT2D eigenvalue weighted by Gasteiger charge is -2.32. The predicted octanol–water partition coefficient (Wildman–Crippen LogP) is -5.43. The number of thioether (sulfide) groups is 1. The molecule has 1 aromatic heterocycles. The molecule has 0 saturated carbocycles. The van der Waals surface area contributed by atoms with E-state index in [1.165, 1.54) is 25.8 Å². The van der Waals surface area contributed by atoms with Crippen molar-refractivity contribution in [3.8, 4) is 5.75 Å². The molecule has 4 heterocycles. The van der Waals surface area contributed by atoms with Gasteiger partial charge in [-0.2, -0.15) is 11.8 Å². The van der Waals surface area contributed by atoms with Crippen molar-refractivity contribution in [2.24, 2.45) is 23.3 Å². The van der Waals surface area contributed by atoms with Crippen molar-refractivity contribution in [3.63, 3.8) is 0 Å². The quantitative estimate of drug-likeness (QED) is 0.0883. The fourth-order valence-corrected chi connectivity index (χ4v) is 10.6. The first kappa shape index (κ1) is 55.1. The molecule has 9 amide bonds. The van der Waals surface area contributed by atoms with Gasteiger partial charge in [0.25, 0.3) is 0 Å². The Bertz CT molecular complexity index is 2350. The summed E-state index contributed by atoms with van der Waals surface area (Å²) in [5.74, 6) is -10.5. The van der Waals surface area contributed by atoms with E-state index in [2.05, 4.69) is 42.2 Å². The molecule has 2 aromatic rings. The van der Waals surface area contributed by atoms with Crippen LogP contribution in [0.5, 0.6) is 5.75 Å². The number of fused-ring (bicyclic) bond motifs is 5. The van der Waals surface area contributed by atoms with Crippen LogP contribution in [0.2, 0.25) is 0 Å². The van der Waals surface area contributed by atoms with Gasteiger partial charge < -0.3 is 78.6 Å². The lowest BCUT2D eigenvalue weighted by atomic mass is 9.93. The number of carbonyl (C=O) groups is 9. The number of hydrogen-bond acceptors (Lipinski definition) is 16. The number of aromatic nitrogens is 1. The van der Waals surface area contributed by atoms with E-state index in [0.717, 1.165) is 4.90 Å². The van der Waals surface area contributed by atoms with Gasteiger partial charge in [-0.3, -0.25) is 47.4 Å². The zero-order chi connectivity index (χ0) is 51.6. The van der Waals surface area contributed by atoms with Crippen molar-refractivity contribution >= 4 is 86.6 Å². The fourth-order valence-electron chi connectivity index (χ4n) is 8.41. The SMILES string of the molecule is CC[C@H](C)[C@@H]1NC(=O)CNC(=O)[C@@H]2Cc3c([nH]c4c(CSCCN)c(OC)ccc34)S(=O)C[C@H](NC(=O)CNC1=O)C(=O)N[C@@H](CC(N)=O)C(=O)N1C[C@H](O)C[C@H]1C(=O)N[C@@H]([C@@H](C)[C@@H](O)CO)C(=O)N2. The molecular weight excluding hydrogens is 959 g/mol. The molecule has 27 heteroatoms. The number of H-pyrrole nitrogens is 1. The molecule has 1 saturated heterocycles. The largest absolute Gasteiger partial charge is 0.496 e. The molecule has 0 aliphatic carbocycles. The summed E-state index contributed by atoms with van der Waals surface area (Å²) in [7, 11) is -0.948. The highest BCUT2D eigenvalue weighted by Gasteiger charge is 2.45. The number of amides is 9. The highest BCUT2D eigenvalue weighted by molar-refractivity contribution is 7.98. The molecule has 1 aromatic carbocycles. The molecule has 1 unspecified atom stereocenters. The monoisotopic (exact) mass is 1020 g/mol. The number of hydrogen-bond donors (Lipinski definition) is 13. The van der Waals surface area contributed by atoms with Crippen molar-refractivity contribution in [2.75, 3.05) is 51.4 Å². The first-order valence-electron chi connectivity index (χ1n) is 22.7. The van der Waals surface area contributed by atoms with E-state index in [4.69, 9.17) is 16.2 Å². The highest BCUT2D eigenvalue weighted by atomic mass is 32.2. The van der Waals surface area contributed by atoms with Crippen LogP contribution in [0, 0.1) is 11.8 Å². The minimum atomic E-state index is -2.39. The maximum atomic E-state index is 15.0. The minimum Gasteiger partial charge on any atom is -0.496 e. The van der Waals surface area contributed by atoms with Gasteiger partial charge in [-0.15, -0.1) is 0 Å². The van der Waals surface area contributed by atoms with Crippen molar-refractivity contribution < 1.29 is 67.4 Å². The summed E-state index contributed by atoms with van der Waals surface area (Å²) in [5.41, 5.74) is 12.4. The lowest BCUT2D eigenvalue weighted by Crippen LogP contribution is -2.62. The summed E-state index contributed by atoms with van der Waals surface area (Å²) >= 11 is 1.44. The average Bonchev–Trinajstić information content (AvgIpc) is 3.91. The van der Waals surface area contributed by atoms with Gasteiger partial charge in [0, 0.05) is 54.3 Å². The number of carbonyl (C=O) groups excluding carboxylic acids is 9. The molecule has 11 atom stereocenters. The normalized spacial score (nSPS) is 27.1. The molecule has 1 fully saturated rings. The van der Waals surface area contributed by atoms with Gasteiger partial charge in [-0.25, -0.2) is 0 Å². The van der Waals surface area contributed by atoms with Crippen LogP contribution in [0.4, 0.5) is 0 Å². The summed E-state index contributed by atoms with van der Waals surface area (Å²) in [6.07, 6.45) is -4.40. The molecule has 3 aliphatic rings. The van der Waals surface area contributed by atoms with E-state index in [1.54, 1.807) is 26.0 Å². The Kier molecular flexibility index (Phi) is 19.5. The number of primary amides is 1. The average molecular weight is 1020 g/mol. The maximum Gasteiger partial charge on any atom is 0.246 e. The summed E-state index contributed by atoms with van der Waals surface area (Å²) < 4.78 is 20.7. The first-order valence-corrected chi connectivity index (χ1v) is 25.2. The summed E-state index contributed by atoms with van der Waals surface area (Å²) in [5, 5.41) is 49.3. The molecule has 5 rings (SSSR count). The predicted molar refractivity (Wildman–Crippen MR) is 252 cm³/mol. The second kappa shape index (κ2) is 24.8. The van der Waals surface area contributed by atoms with E-state index in [1.807, 2.05) is 0 Å². The Labute approximate surface area is 409 Å². The van der Waals surface area contributed by atoms with Gasteiger partial charge in [0.05, 0.1) is 67.5 Å². The summed E-state index contributed by atoms with van der Waals surface area (Å²) in [4.78, 5) is 129. The third-order valence-electron chi connectivity index (χ3n) is 12.5. The number of aliphatic hydroxyl groups excluding tert-OH is 3. The molecule has 2 bridgehead atoms. The van der Waals surface area contributed by atoms with Gasteiger partial charge in [0.15, 0.2) is 0 Å². The maximum absolute atomic E-state index is 15.0. The standard InChI is InChI=1S/C43H63N11O14S2/c1-5-19(2)34-40(64)47-13-32(59)48-27-18-70(67)42-23(22-6-7-30(68-4)24(36(22)53-42)17-69-9-8-44)11-25(37(61)46-14-33(60)51-34)49-41(65)35(20(3)29(57)16-55)52-39(63)28-10-21(56)15-54(28)43(66)26(12-31(45)58)50-38(27)62/h6-7,19-21,25-29,34-35,53,55-57H,5,8-18,44H2,1-4H3,(H2,45,58)(H,46,61)(H,47,64)(H,48,59)(H,49,65)(H,50,62)(H,51,60)(H,52,63)/t19-,20-,21+,25-,26-,27-,28-,29-,34-,35-,70?/m0/s1. The summed E-state index contributed by atoms with van der Waals surface area (Å²) in [6, 6.07) is -6.72. The van der Waals surface area contributed by atoms with Crippen LogP contribution in [0.15, 0.2) is 17.2 Å². The van der Waals surface area contributed by atoms with Crippen LogP contribution in [-0.2, 0) is 66.1 Å². The van der Waals surface area contributed by atoms with Gasteiger partial charge >= 0.3 is 0 Å². The van der Waals surface area contributed by atoms with Gasteiger partial charge in [-0.05, 0) is 23.6 Å². The molecule has 15 N–H and O–H groups in total. The van der Waals surface area contributed by atoms with Crippen molar-refractivity contribution in [2.45, 2.75) is 106 Å². The Hall–Kier alpha value is -5.87. The second-order valence-corrected chi connectivity index (χ2v) is 20.0. The molecule has 0 radical (unpaired) electrons. The number of methoxy groups -OCH3 is 1. The van der Waals surface area contributed by atoms with Crippen LogP contribution in [-0.4, -0.2) is 182 Å². The van der Waals surface area contributed by atoms with Gasteiger partial charge in [0.1, 0.15) is 47.0 Å². The topological polar surface area (TPSA) is 396 Å². The zero-order valence-electron chi connectivity index (χ0n) is 39.2. The van der Waals surface area contributed by atoms with E-state index >= 15 is 4.21 Å². The van der Waals surface area contributed by atoms with Crippen LogP contribution >= 0.6 is 11.8 Å². The Balaban J connectivity index is 1.79. The minimum absolute atomic E-state index is 0.107. The third-order valence-corrected chi connectivity index (χ3v) is 15.0. The number of nitrogens with zero attached hydrogens (tertiary/aromatic N) is 1. The number of nitrogens with one attached hydrogen (secondary N) is 8. The van der Waals surface area contributed by atoms with Gasteiger partial charge in [0.2, 0.25) is 53.2 Å². The van der Waals surface area contributed by atoms with E-state index in [9.17, 15) is 58.5 Å². The molecule has 0 spiro atoms. The van der Waals surface area contributed by atoms with Crippen LogP contribution in [0.25, 0.3) is 10.9 Å². The fraction of sp³-hybridized carbons (Fsp3) is 0.605. The van der Waals surface area contributed by atoms with E-state index in [-0.39, 0.29) is 10.6 Å². The Morgan fingerprint density at radius 2 is 1.60 bits per heavy atom. The van der Waals surface area contributed by atoms with Crippen LogP contribution in [0.3, 0.4) is 0 Å². The number of aromatic amines is 1. The molecular formula is C43H63N11O14S2. The van der Waals surface area contributed by atoms with Gasteiger partial charge in [-0.1, -0.05) is 27.2 Å². The smallest absolute Gasteiger partial charge is 0.246 e. The Morgan fingerprint density at radius 3 is 2.24 bits per heavy atom. The Morgan fingerprint density at radius 1 is 0.914 bits per heavy atom. The molecule has 386 valence electrons. The first-order chi connectivity index (χ1) is 33.2. The number of nitrogens with two attached hydrogens (primary N) is 2. The lowest BCUT2D eigenvalue weighted by molar-refractivity contribution is -0.144. The molecule has 25 nitrogen and oxygen atoms in total. The van der Waals surface area contributed by atoms with Crippen LogP contribution < -0.4 is 53.4 Å². The summed E-state index contributed by atoms with van der Waals surface area (Å²) in [6.45, 7) is 2.15. The number of aliphatic hydroxyl groups is 3. The number of rotatable bonds is 12. The zero-order valence-corrected chi connectivity index (χ0v) is 40.8. The molecule has 3 aliphatic heterocycles. The highest BCUT2D eigenvalue weighted by Crippen LogP contribution is 2.36. The van der Waals surface area contributed by atoms with Crippen molar-refractivity contribution in [3.05, 3.63) is 23.3 Å². The van der Waals surface area contributed by atoms with Crippen molar-refractivity contribution in [1.82, 2.24) is 47.1 Å². The van der Waals surface area contributed by atoms with Crippen molar-refractivity contribution in [1.29, 1.82) is 0 Å². The number of ether oxygens (including phenoxy) is 1. The second-order valence-electron chi connectivity index (χ2n) is 17.4. The third kappa shape index (κ3) is 13.3.